The predicted molar refractivity (Wildman–Crippen MR) is 54.9 cm³/mol. The summed E-state index contributed by atoms with van der Waals surface area (Å²) in [5, 5.41) is 3.88. The summed E-state index contributed by atoms with van der Waals surface area (Å²) in [5.41, 5.74) is 11.4. The molecule has 0 bridgehead atoms. The van der Waals surface area contributed by atoms with E-state index >= 15 is 0 Å². The quantitative estimate of drug-likeness (QED) is 0.722. The number of carbonyl (C=O) groups excluding carboxylic acids is 1. The Morgan fingerprint density at radius 2 is 2.21 bits per heavy atom. The fourth-order valence-electron chi connectivity index (χ4n) is 1.22. The third-order valence-corrected chi connectivity index (χ3v) is 1.75. The second-order valence-electron chi connectivity index (χ2n) is 4.18. The van der Waals surface area contributed by atoms with Gasteiger partial charge in [-0.05, 0) is 20.8 Å². The maximum absolute atomic E-state index is 11.7. The summed E-state index contributed by atoms with van der Waals surface area (Å²) in [4.78, 5) is 11.7. The number of anilines is 1. The van der Waals surface area contributed by atoms with Gasteiger partial charge in [-0.3, -0.25) is 4.79 Å². The molecule has 0 radical (unpaired) electrons. The molecular formula is C9H16N4O. The summed E-state index contributed by atoms with van der Waals surface area (Å²) in [6, 6.07) is 1.65. The molecule has 5 heteroatoms. The van der Waals surface area contributed by atoms with Crippen LogP contribution in [0.25, 0.3) is 0 Å². The Hall–Kier alpha value is -1.36. The van der Waals surface area contributed by atoms with Gasteiger partial charge in [0.15, 0.2) is 0 Å². The van der Waals surface area contributed by atoms with Gasteiger partial charge in [-0.25, -0.2) is 4.68 Å². The molecule has 1 heterocycles. The van der Waals surface area contributed by atoms with Crippen LogP contribution in [-0.4, -0.2) is 21.2 Å². The number of aryl methyl sites for hydroxylation is 1. The van der Waals surface area contributed by atoms with Crippen molar-refractivity contribution in [1.82, 2.24) is 9.78 Å². The van der Waals surface area contributed by atoms with Crippen LogP contribution in [0.3, 0.4) is 0 Å². The van der Waals surface area contributed by atoms with Crippen LogP contribution in [-0.2, 0) is 0 Å². The number of aromatic nitrogens is 2. The van der Waals surface area contributed by atoms with Gasteiger partial charge in [0.25, 0.3) is 0 Å². The van der Waals surface area contributed by atoms with E-state index in [1.807, 2.05) is 0 Å². The van der Waals surface area contributed by atoms with Gasteiger partial charge in [0.05, 0.1) is 0 Å². The number of carbonyl (C=O) groups is 1. The van der Waals surface area contributed by atoms with Crippen LogP contribution in [0.1, 0.15) is 30.8 Å². The lowest BCUT2D eigenvalue weighted by atomic mass is 10.0. The average Bonchev–Trinajstić information content (AvgIpc) is 2.26. The van der Waals surface area contributed by atoms with Gasteiger partial charge in [-0.2, -0.15) is 0 Å². The predicted octanol–water partition coefficient (Wildman–Crippen LogP) is 0.541. The molecule has 4 N–H and O–H groups in total. The fraction of sp³-hybridized carbons (Fsp3) is 0.556. The summed E-state index contributed by atoms with van der Waals surface area (Å²) in [7, 11) is 0. The first-order valence-electron chi connectivity index (χ1n) is 4.44. The highest BCUT2D eigenvalue weighted by Gasteiger charge is 2.19. The number of nitrogens with zero attached hydrogens (tertiary/aromatic N) is 2. The first kappa shape index (κ1) is 10.7. The maximum Gasteiger partial charge on any atom is 0.248 e. The molecular weight excluding hydrogens is 180 g/mol. The Kier molecular flexibility index (Phi) is 2.62. The smallest absolute Gasteiger partial charge is 0.248 e. The van der Waals surface area contributed by atoms with E-state index in [9.17, 15) is 4.79 Å². The van der Waals surface area contributed by atoms with E-state index in [1.165, 1.54) is 4.68 Å². The van der Waals surface area contributed by atoms with E-state index < -0.39 is 5.54 Å². The SMILES string of the molecule is Cc1cc(N)nn1C(=O)CC(C)(C)N. The van der Waals surface area contributed by atoms with Gasteiger partial charge >= 0.3 is 0 Å². The Balaban J connectivity index is 2.85. The molecule has 0 fully saturated rings. The van der Waals surface area contributed by atoms with Crippen molar-refractivity contribution in [2.24, 2.45) is 5.73 Å². The zero-order valence-electron chi connectivity index (χ0n) is 8.74. The minimum absolute atomic E-state index is 0.133. The van der Waals surface area contributed by atoms with E-state index in [0.717, 1.165) is 5.69 Å². The van der Waals surface area contributed by atoms with Crippen molar-refractivity contribution in [1.29, 1.82) is 0 Å². The van der Waals surface area contributed by atoms with Crippen LogP contribution >= 0.6 is 0 Å². The van der Waals surface area contributed by atoms with Gasteiger partial charge in [-0.15, -0.1) is 5.10 Å². The zero-order valence-corrected chi connectivity index (χ0v) is 8.74. The molecule has 0 atom stereocenters. The van der Waals surface area contributed by atoms with Crippen LogP contribution in [0.2, 0.25) is 0 Å². The zero-order chi connectivity index (χ0) is 10.9. The Bertz CT molecular complexity index is 348. The summed E-state index contributed by atoms with van der Waals surface area (Å²) < 4.78 is 1.30. The Morgan fingerprint density at radius 1 is 1.64 bits per heavy atom. The van der Waals surface area contributed by atoms with E-state index in [1.54, 1.807) is 26.8 Å². The van der Waals surface area contributed by atoms with Crippen molar-refractivity contribution in [3.63, 3.8) is 0 Å². The molecule has 0 aliphatic carbocycles. The topological polar surface area (TPSA) is 86.9 Å². The monoisotopic (exact) mass is 196 g/mol. The molecule has 1 aromatic heterocycles. The van der Waals surface area contributed by atoms with Crippen molar-refractivity contribution in [3.8, 4) is 0 Å². The minimum atomic E-state index is -0.524. The standard InChI is InChI=1S/C9H16N4O/c1-6-4-7(10)12-13(6)8(14)5-9(2,3)11/h4H,5,11H2,1-3H3,(H2,10,12). The highest BCUT2D eigenvalue weighted by atomic mass is 16.2. The van der Waals surface area contributed by atoms with Gasteiger partial charge in [-0.1, -0.05) is 0 Å². The molecule has 0 spiro atoms. The molecule has 0 aromatic carbocycles. The Morgan fingerprint density at radius 3 is 2.57 bits per heavy atom. The van der Waals surface area contributed by atoms with Crippen molar-refractivity contribution in [2.75, 3.05) is 5.73 Å². The summed E-state index contributed by atoms with van der Waals surface area (Å²) in [5.74, 6) is 0.220. The third kappa shape index (κ3) is 2.56. The molecule has 0 saturated carbocycles. The first-order chi connectivity index (χ1) is 6.29. The molecule has 1 aromatic rings. The minimum Gasteiger partial charge on any atom is -0.382 e. The first-order valence-corrected chi connectivity index (χ1v) is 4.44. The Labute approximate surface area is 83.1 Å². The lowest BCUT2D eigenvalue weighted by Gasteiger charge is -2.17. The lowest BCUT2D eigenvalue weighted by molar-refractivity contribution is 0.0860. The number of rotatable bonds is 2. The second kappa shape index (κ2) is 3.42. The third-order valence-electron chi connectivity index (χ3n) is 1.75. The summed E-state index contributed by atoms with van der Waals surface area (Å²) >= 11 is 0. The van der Waals surface area contributed by atoms with Gasteiger partial charge < -0.3 is 11.5 Å². The van der Waals surface area contributed by atoms with Crippen molar-refractivity contribution in [2.45, 2.75) is 32.7 Å². The van der Waals surface area contributed by atoms with E-state index in [4.69, 9.17) is 11.5 Å². The van der Waals surface area contributed by atoms with Crippen LogP contribution < -0.4 is 11.5 Å². The van der Waals surface area contributed by atoms with Crippen molar-refractivity contribution < 1.29 is 4.79 Å². The highest BCUT2D eigenvalue weighted by Crippen LogP contribution is 2.09. The van der Waals surface area contributed by atoms with E-state index in [2.05, 4.69) is 5.10 Å². The number of hydrogen-bond donors (Lipinski definition) is 2. The average molecular weight is 196 g/mol. The normalized spacial score (nSPS) is 11.7. The molecule has 0 aliphatic heterocycles. The lowest BCUT2D eigenvalue weighted by Crippen LogP contribution is -2.36. The van der Waals surface area contributed by atoms with E-state index in [-0.39, 0.29) is 12.3 Å². The molecule has 0 aliphatic rings. The van der Waals surface area contributed by atoms with Crippen LogP contribution in [0.5, 0.6) is 0 Å². The maximum atomic E-state index is 11.7. The van der Waals surface area contributed by atoms with Crippen LogP contribution in [0.4, 0.5) is 5.82 Å². The highest BCUT2D eigenvalue weighted by molar-refractivity contribution is 5.80. The van der Waals surface area contributed by atoms with Gasteiger partial charge in [0.2, 0.25) is 5.91 Å². The molecule has 0 amide bonds. The number of hydrogen-bond acceptors (Lipinski definition) is 4. The largest absolute Gasteiger partial charge is 0.382 e. The summed E-state index contributed by atoms with van der Waals surface area (Å²) in [6.07, 6.45) is 0.245. The number of nitrogen functional groups attached to an aromatic ring is 1. The molecule has 78 valence electrons. The molecule has 1 rings (SSSR count). The number of nitrogens with two attached hydrogens (primary N) is 2. The molecule has 5 nitrogen and oxygen atoms in total. The van der Waals surface area contributed by atoms with Crippen LogP contribution in [0.15, 0.2) is 6.07 Å². The molecule has 0 unspecified atom stereocenters. The molecule has 14 heavy (non-hydrogen) atoms. The fourth-order valence-corrected chi connectivity index (χ4v) is 1.22. The second-order valence-corrected chi connectivity index (χ2v) is 4.18. The van der Waals surface area contributed by atoms with E-state index in [0.29, 0.717) is 5.82 Å². The van der Waals surface area contributed by atoms with Gasteiger partial charge in [0, 0.05) is 23.7 Å². The van der Waals surface area contributed by atoms with Crippen molar-refractivity contribution in [3.05, 3.63) is 11.8 Å². The van der Waals surface area contributed by atoms with Crippen molar-refractivity contribution >= 4 is 11.7 Å². The summed E-state index contributed by atoms with van der Waals surface area (Å²) in [6.45, 7) is 5.38. The van der Waals surface area contributed by atoms with Gasteiger partial charge in [0.1, 0.15) is 5.82 Å². The van der Waals surface area contributed by atoms with Crippen LogP contribution in [0, 0.1) is 6.92 Å². The molecule has 0 saturated heterocycles.